The highest BCUT2D eigenvalue weighted by Gasteiger charge is 2.30. The molecule has 0 aromatic heterocycles. The van der Waals surface area contributed by atoms with Crippen LogP contribution in [0.1, 0.15) is 11.1 Å². The predicted molar refractivity (Wildman–Crippen MR) is 125 cm³/mol. The third-order valence-corrected chi connectivity index (χ3v) is 6.45. The maximum Gasteiger partial charge on any atom is 0.266 e. The van der Waals surface area contributed by atoms with Crippen LogP contribution in [0.3, 0.4) is 0 Å². The number of methoxy groups -OCH3 is 1. The van der Waals surface area contributed by atoms with Crippen molar-refractivity contribution in [1.29, 1.82) is 0 Å². The molecule has 1 amide bonds. The number of benzene rings is 2. The van der Waals surface area contributed by atoms with Crippen molar-refractivity contribution in [3.8, 4) is 5.75 Å². The first-order chi connectivity index (χ1) is 12.4. The SMILES string of the molecule is COc1c(I)cc(/C=C2/SC(=Nc3ccc(C)cc3)N(C)C2=O)cc1I. The first-order valence-electron chi connectivity index (χ1n) is 7.75. The molecule has 7 heteroatoms. The van der Waals surface area contributed by atoms with Crippen molar-refractivity contribution in [3.05, 3.63) is 59.6 Å². The maximum atomic E-state index is 12.6. The Balaban J connectivity index is 1.91. The second-order valence-corrected chi connectivity index (χ2v) is 9.06. The number of likely N-dealkylation sites (N-methyl/N-ethyl adjacent to an activating group) is 1. The maximum absolute atomic E-state index is 12.6. The molecule has 134 valence electrons. The Morgan fingerprint density at radius 3 is 2.35 bits per heavy atom. The molecule has 1 fully saturated rings. The lowest BCUT2D eigenvalue weighted by molar-refractivity contribution is -0.121. The van der Waals surface area contributed by atoms with Gasteiger partial charge in [-0.25, -0.2) is 4.99 Å². The third kappa shape index (κ3) is 4.25. The van der Waals surface area contributed by atoms with Crippen molar-refractivity contribution in [2.75, 3.05) is 14.2 Å². The van der Waals surface area contributed by atoms with Crippen LogP contribution < -0.4 is 4.74 Å². The highest BCUT2D eigenvalue weighted by Crippen LogP contribution is 2.35. The Labute approximate surface area is 184 Å². The van der Waals surface area contributed by atoms with Gasteiger partial charge in [0.25, 0.3) is 5.91 Å². The van der Waals surface area contributed by atoms with Crippen molar-refractivity contribution < 1.29 is 9.53 Å². The van der Waals surface area contributed by atoms with E-state index in [-0.39, 0.29) is 5.91 Å². The summed E-state index contributed by atoms with van der Waals surface area (Å²) in [5.41, 5.74) is 3.00. The van der Waals surface area contributed by atoms with Crippen LogP contribution >= 0.6 is 56.9 Å². The Hall–Kier alpha value is -1.07. The fraction of sp³-hybridized carbons (Fsp3) is 0.158. The Morgan fingerprint density at radius 2 is 1.77 bits per heavy atom. The molecule has 1 saturated heterocycles. The summed E-state index contributed by atoms with van der Waals surface area (Å²) in [6.45, 7) is 2.04. The van der Waals surface area contributed by atoms with E-state index in [9.17, 15) is 4.79 Å². The molecule has 0 aliphatic carbocycles. The molecule has 3 rings (SSSR count). The molecule has 0 unspecified atom stereocenters. The minimum atomic E-state index is -0.0401. The molecule has 1 aliphatic heterocycles. The Bertz CT molecular complexity index is 901. The summed E-state index contributed by atoms with van der Waals surface area (Å²) in [5, 5.41) is 0.683. The molecule has 0 N–H and O–H groups in total. The van der Waals surface area contributed by atoms with Gasteiger partial charge in [0.05, 0.1) is 24.8 Å². The fourth-order valence-corrected chi connectivity index (χ4v) is 5.63. The molecule has 0 radical (unpaired) electrons. The van der Waals surface area contributed by atoms with Gasteiger partial charge in [0.2, 0.25) is 0 Å². The number of aliphatic imine (C=N–C) groups is 1. The lowest BCUT2D eigenvalue weighted by atomic mass is 10.2. The van der Waals surface area contributed by atoms with Gasteiger partial charge in [-0.05, 0) is 99.8 Å². The van der Waals surface area contributed by atoms with E-state index >= 15 is 0 Å². The van der Waals surface area contributed by atoms with Gasteiger partial charge in [-0.3, -0.25) is 9.69 Å². The minimum absolute atomic E-state index is 0.0401. The largest absolute Gasteiger partial charge is 0.495 e. The fourth-order valence-electron chi connectivity index (χ4n) is 2.39. The van der Waals surface area contributed by atoms with Gasteiger partial charge in [0, 0.05) is 7.05 Å². The third-order valence-electron chi connectivity index (χ3n) is 3.78. The van der Waals surface area contributed by atoms with Crippen molar-refractivity contribution >= 4 is 79.8 Å². The van der Waals surface area contributed by atoms with Crippen molar-refractivity contribution in [2.45, 2.75) is 6.92 Å². The number of halogens is 2. The molecule has 0 spiro atoms. The number of hydrogen-bond donors (Lipinski definition) is 0. The quantitative estimate of drug-likeness (QED) is 0.353. The van der Waals surface area contributed by atoms with Gasteiger partial charge in [-0.1, -0.05) is 17.7 Å². The van der Waals surface area contributed by atoms with Crippen molar-refractivity contribution in [2.24, 2.45) is 4.99 Å². The summed E-state index contributed by atoms with van der Waals surface area (Å²) < 4.78 is 7.43. The number of hydrogen-bond acceptors (Lipinski definition) is 4. The zero-order valence-corrected chi connectivity index (χ0v) is 19.5. The van der Waals surface area contributed by atoms with E-state index in [0.717, 1.165) is 24.1 Å². The smallest absolute Gasteiger partial charge is 0.266 e. The second kappa shape index (κ2) is 8.30. The number of ether oxygens (including phenoxy) is 1. The number of carbonyl (C=O) groups is 1. The molecular weight excluding hydrogens is 574 g/mol. The Kier molecular flexibility index (Phi) is 6.29. The minimum Gasteiger partial charge on any atom is -0.495 e. The van der Waals surface area contributed by atoms with E-state index in [4.69, 9.17) is 4.74 Å². The Morgan fingerprint density at radius 1 is 1.15 bits per heavy atom. The van der Waals surface area contributed by atoms with E-state index in [1.165, 1.54) is 17.3 Å². The van der Waals surface area contributed by atoms with E-state index < -0.39 is 0 Å². The summed E-state index contributed by atoms with van der Waals surface area (Å²) >= 11 is 5.88. The lowest BCUT2D eigenvalue weighted by Crippen LogP contribution is -2.23. The molecule has 0 atom stereocenters. The number of rotatable bonds is 3. The molecule has 0 bridgehead atoms. The molecule has 2 aromatic carbocycles. The number of aryl methyl sites for hydroxylation is 1. The number of carbonyl (C=O) groups excluding carboxylic acids is 1. The van der Waals surface area contributed by atoms with Gasteiger partial charge in [0.1, 0.15) is 5.75 Å². The summed E-state index contributed by atoms with van der Waals surface area (Å²) in [6.07, 6.45) is 1.91. The molecule has 0 saturated carbocycles. The average molecular weight is 590 g/mol. The van der Waals surface area contributed by atoms with E-state index in [2.05, 4.69) is 50.2 Å². The standard InChI is InChI=1S/C19H16I2N2O2S/c1-11-4-6-13(7-5-11)22-19-23(2)18(24)16(26-19)10-12-8-14(20)17(25-3)15(21)9-12/h4-10H,1-3H3/b16-10+,22-19?. The monoisotopic (exact) mass is 590 g/mol. The molecule has 2 aromatic rings. The highest BCUT2D eigenvalue weighted by molar-refractivity contribution is 14.1. The molecule has 1 heterocycles. The topological polar surface area (TPSA) is 41.9 Å². The van der Waals surface area contributed by atoms with Crippen LogP contribution in [0, 0.1) is 14.1 Å². The molecular formula is C19H16I2N2O2S. The van der Waals surface area contributed by atoms with Gasteiger partial charge in [-0.15, -0.1) is 0 Å². The predicted octanol–water partition coefficient (Wildman–Crippen LogP) is 5.45. The number of amides is 1. The molecule has 4 nitrogen and oxygen atoms in total. The summed E-state index contributed by atoms with van der Waals surface area (Å²) in [4.78, 5) is 19.4. The number of nitrogens with zero attached hydrogens (tertiary/aromatic N) is 2. The van der Waals surface area contributed by atoms with Crippen molar-refractivity contribution in [3.63, 3.8) is 0 Å². The first kappa shape index (κ1) is 19.7. The van der Waals surface area contributed by atoms with E-state index in [1.54, 1.807) is 19.1 Å². The van der Waals surface area contributed by atoms with Gasteiger partial charge in [-0.2, -0.15) is 0 Å². The zero-order valence-electron chi connectivity index (χ0n) is 14.4. The van der Waals surface area contributed by atoms with Crippen LogP contribution in [0.25, 0.3) is 6.08 Å². The number of thioether (sulfide) groups is 1. The summed E-state index contributed by atoms with van der Waals surface area (Å²) in [6, 6.07) is 12.0. The lowest BCUT2D eigenvalue weighted by Gasteiger charge is -2.08. The number of amidine groups is 1. The van der Waals surface area contributed by atoms with Crippen molar-refractivity contribution in [1.82, 2.24) is 4.90 Å². The summed E-state index contributed by atoms with van der Waals surface area (Å²) in [5.74, 6) is 0.819. The van der Waals surface area contributed by atoms with E-state index in [1.807, 2.05) is 49.4 Å². The van der Waals surface area contributed by atoms with Crippen LogP contribution in [0.5, 0.6) is 5.75 Å². The molecule has 1 aliphatic rings. The van der Waals surface area contributed by atoms with Crippen LogP contribution in [0.2, 0.25) is 0 Å². The van der Waals surface area contributed by atoms with Gasteiger partial charge >= 0.3 is 0 Å². The van der Waals surface area contributed by atoms with Gasteiger partial charge in [0.15, 0.2) is 5.17 Å². The summed E-state index contributed by atoms with van der Waals surface area (Å²) in [7, 11) is 3.42. The second-order valence-electron chi connectivity index (χ2n) is 5.72. The van der Waals surface area contributed by atoms with E-state index in [0.29, 0.717) is 10.1 Å². The zero-order chi connectivity index (χ0) is 18.8. The van der Waals surface area contributed by atoms with Crippen LogP contribution in [-0.4, -0.2) is 30.1 Å². The van der Waals surface area contributed by atoms with Crippen LogP contribution in [0.4, 0.5) is 5.69 Å². The van der Waals surface area contributed by atoms with Crippen LogP contribution in [-0.2, 0) is 4.79 Å². The van der Waals surface area contributed by atoms with Gasteiger partial charge < -0.3 is 4.74 Å². The molecule has 26 heavy (non-hydrogen) atoms. The first-order valence-corrected chi connectivity index (χ1v) is 10.7. The normalized spacial score (nSPS) is 17.4. The van der Waals surface area contributed by atoms with Crippen LogP contribution in [0.15, 0.2) is 46.3 Å². The average Bonchev–Trinajstić information content (AvgIpc) is 2.85. The highest BCUT2D eigenvalue weighted by atomic mass is 127.